The quantitative estimate of drug-likeness (QED) is 0.211. The topological polar surface area (TPSA) is 87.7 Å². The van der Waals surface area contributed by atoms with Crippen molar-refractivity contribution in [3.8, 4) is 5.75 Å². The Morgan fingerprint density at radius 3 is 2.35 bits per heavy atom. The van der Waals surface area contributed by atoms with Crippen molar-refractivity contribution in [3.05, 3.63) is 77.8 Å². The summed E-state index contributed by atoms with van der Waals surface area (Å²) in [4.78, 5) is 12.7. The van der Waals surface area contributed by atoms with E-state index in [9.17, 15) is 13.2 Å². The van der Waals surface area contributed by atoms with E-state index in [4.69, 9.17) is 17.0 Å². The Hall–Kier alpha value is -2.53. The fourth-order valence-corrected chi connectivity index (χ4v) is 4.93. The first-order valence-electron chi connectivity index (χ1n) is 10.6. The lowest BCUT2D eigenvalue weighted by atomic mass is 10.2. The molecule has 0 saturated heterocycles. The van der Waals surface area contributed by atoms with Gasteiger partial charge in [0.2, 0.25) is 10.0 Å². The van der Waals surface area contributed by atoms with Crippen molar-refractivity contribution in [2.24, 2.45) is 0 Å². The summed E-state index contributed by atoms with van der Waals surface area (Å²) < 4.78 is 33.2. The van der Waals surface area contributed by atoms with E-state index in [1.807, 2.05) is 0 Å². The number of hydrogen-bond donors (Lipinski definition) is 2. The van der Waals surface area contributed by atoms with Gasteiger partial charge in [0.05, 0.1) is 16.0 Å². The summed E-state index contributed by atoms with van der Waals surface area (Å²) in [5.74, 6) is 0.280. The number of hydrogen-bond acceptors (Lipinski definition) is 5. The summed E-state index contributed by atoms with van der Waals surface area (Å²) >= 11 is 8.65. The molecule has 10 heteroatoms. The molecular formula is C24H28BrN3O4S2. The minimum atomic E-state index is -3.70. The molecule has 0 aliphatic carbocycles. The van der Waals surface area contributed by atoms with Crippen molar-refractivity contribution >= 4 is 54.9 Å². The predicted molar refractivity (Wildman–Crippen MR) is 144 cm³/mol. The molecule has 2 rings (SSSR count). The van der Waals surface area contributed by atoms with Crippen LogP contribution >= 0.6 is 28.1 Å². The average molecular weight is 567 g/mol. The molecule has 1 amide bonds. The van der Waals surface area contributed by atoms with Crippen molar-refractivity contribution < 1.29 is 17.9 Å². The van der Waals surface area contributed by atoms with Crippen LogP contribution in [0.5, 0.6) is 5.75 Å². The van der Waals surface area contributed by atoms with E-state index in [0.717, 1.165) is 12.8 Å². The van der Waals surface area contributed by atoms with Gasteiger partial charge in [-0.2, -0.15) is 4.31 Å². The Morgan fingerprint density at radius 1 is 1.15 bits per heavy atom. The van der Waals surface area contributed by atoms with Gasteiger partial charge in [-0.15, -0.1) is 13.2 Å². The Morgan fingerprint density at radius 2 is 1.79 bits per heavy atom. The second-order valence-corrected chi connectivity index (χ2v) is 10.4. The number of halogens is 1. The summed E-state index contributed by atoms with van der Waals surface area (Å²) in [7, 11) is -3.70. The lowest BCUT2D eigenvalue weighted by Crippen LogP contribution is -2.34. The molecule has 0 atom stereocenters. The zero-order chi connectivity index (χ0) is 25.1. The molecular weight excluding hydrogens is 538 g/mol. The Labute approximate surface area is 215 Å². The first kappa shape index (κ1) is 27.7. The van der Waals surface area contributed by atoms with Crippen LogP contribution in [0.4, 0.5) is 5.69 Å². The maximum atomic E-state index is 12.8. The number of thiocarbonyl (C=S) groups is 1. The third-order valence-electron chi connectivity index (χ3n) is 4.59. The second kappa shape index (κ2) is 13.4. The molecule has 2 aromatic rings. The van der Waals surface area contributed by atoms with Gasteiger partial charge in [0, 0.05) is 24.3 Å². The van der Waals surface area contributed by atoms with E-state index in [0.29, 0.717) is 28.1 Å². The molecule has 0 aromatic heterocycles. The first-order chi connectivity index (χ1) is 16.2. The molecule has 34 heavy (non-hydrogen) atoms. The molecule has 0 unspecified atom stereocenters. The molecule has 2 aromatic carbocycles. The van der Waals surface area contributed by atoms with E-state index >= 15 is 0 Å². The highest BCUT2D eigenvalue weighted by Crippen LogP contribution is 2.26. The summed E-state index contributed by atoms with van der Waals surface area (Å²) in [5, 5.41) is 5.58. The summed E-state index contributed by atoms with van der Waals surface area (Å²) in [5.41, 5.74) is 0.939. The van der Waals surface area contributed by atoms with Crippen LogP contribution in [0.25, 0.3) is 0 Å². The maximum Gasteiger partial charge on any atom is 0.257 e. The molecule has 182 valence electrons. The predicted octanol–water partition coefficient (Wildman–Crippen LogP) is 5.12. The fraction of sp³-hybridized carbons (Fsp3) is 0.250. The highest BCUT2D eigenvalue weighted by atomic mass is 79.9. The van der Waals surface area contributed by atoms with Crippen LogP contribution in [0, 0.1) is 0 Å². The van der Waals surface area contributed by atoms with Gasteiger partial charge in [-0.25, -0.2) is 8.42 Å². The number of sulfonamides is 1. The number of carbonyl (C=O) groups excluding carboxylic acids is 1. The second-order valence-electron chi connectivity index (χ2n) is 7.18. The minimum absolute atomic E-state index is 0.0833. The minimum Gasteiger partial charge on any atom is -0.492 e. The molecule has 0 radical (unpaired) electrons. The van der Waals surface area contributed by atoms with Crippen LogP contribution in [0.3, 0.4) is 0 Å². The summed E-state index contributed by atoms with van der Waals surface area (Å²) in [6.45, 7) is 10.2. The molecule has 2 N–H and O–H groups in total. The van der Waals surface area contributed by atoms with E-state index in [-0.39, 0.29) is 29.0 Å². The third kappa shape index (κ3) is 7.76. The Bertz CT molecular complexity index is 1130. The number of carbonyl (C=O) groups is 1. The van der Waals surface area contributed by atoms with E-state index in [1.54, 1.807) is 30.3 Å². The van der Waals surface area contributed by atoms with Gasteiger partial charge >= 0.3 is 0 Å². The number of benzene rings is 2. The molecule has 0 saturated carbocycles. The lowest BCUT2D eigenvalue weighted by molar-refractivity contribution is 0.0977. The number of anilines is 1. The fourth-order valence-electron chi connectivity index (χ4n) is 2.84. The number of unbranched alkanes of at least 4 members (excludes halogenated alkanes) is 1. The Kier molecular flexibility index (Phi) is 10.9. The SMILES string of the molecule is C=CCN(CC=C)S(=O)(=O)c1ccc(NC(=S)NC(=O)c2ccc(OCCCC)c(Br)c2)cc1. The van der Waals surface area contributed by atoms with Gasteiger partial charge in [0.15, 0.2) is 5.11 Å². The van der Waals surface area contributed by atoms with Gasteiger partial charge in [-0.05, 0) is 77.0 Å². The van der Waals surface area contributed by atoms with Gasteiger partial charge in [-0.1, -0.05) is 25.5 Å². The first-order valence-corrected chi connectivity index (χ1v) is 13.2. The number of nitrogens with one attached hydrogen (secondary N) is 2. The van der Waals surface area contributed by atoms with Crippen molar-refractivity contribution in [2.45, 2.75) is 24.7 Å². The molecule has 0 bridgehead atoms. The van der Waals surface area contributed by atoms with Gasteiger partial charge in [0.25, 0.3) is 5.91 Å². The molecule has 7 nitrogen and oxygen atoms in total. The van der Waals surface area contributed by atoms with Crippen LogP contribution < -0.4 is 15.4 Å². The average Bonchev–Trinajstić information content (AvgIpc) is 2.80. The smallest absolute Gasteiger partial charge is 0.257 e. The normalized spacial score (nSPS) is 11.0. The highest BCUT2D eigenvalue weighted by Gasteiger charge is 2.22. The van der Waals surface area contributed by atoms with Crippen LogP contribution in [0.2, 0.25) is 0 Å². The van der Waals surface area contributed by atoms with E-state index < -0.39 is 10.0 Å². The third-order valence-corrected chi connectivity index (χ3v) is 7.26. The maximum absolute atomic E-state index is 12.8. The van der Waals surface area contributed by atoms with E-state index in [2.05, 4.69) is 46.6 Å². The highest BCUT2D eigenvalue weighted by molar-refractivity contribution is 9.10. The van der Waals surface area contributed by atoms with Crippen LogP contribution in [-0.4, -0.2) is 43.4 Å². The van der Waals surface area contributed by atoms with Crippen molar-refractivity contribution in [3.63, 3.8) is 0 Å². The number of amides is 1. The zero-order valence-corrected chi connectivity index (χ0v) is 22.1. The van der Waals surface area contributed by atoms with Crippen LogP contribution in [0.1, 0.15) is 30.1 Å². The monoisotopic (exact) mass is 565 g/mol. The van der Waals surface area contributed by atoms with E-state index in [1.165, 1.54) is 28.6 Å². The molecule has 0 aliphatic heterocycles. The van der Waals surface area contributed by atoms with Gasteiger partial charge in [0.1, 0.15) is 5.75 Å². The number of nitrogens with zero attached hydrogens (tertiary/aromatic N) is 1. The molecule has 0 fully saturated rings. The molecule has 0 spiro atoms. The standard InChI is InChI=1S/C24H28BrN3O4S2/c1-4-7-16-32-22-13-8-18(17-21(22)25)23(29)27-24(33)26-19-9-11-20(12-10-19)34(30,31)28(14-5-2)15-6-3/h5-6,8-13,17H,2-4,7,14-16H2,1H3,(H2,26,27,29,33). The molecule has 0 aliphatic rings. The molecule has 0 heterocycles. The van der Waals surface area contributed by atoms with Gasteiger partial charge < -0.3 is 10.1 Å². The van der Waals surface area contributed by atoms with Crippen LogP contribution in [0.15, 0.2) is 77.1 Å². The number of rotatable bonds is 12. The van der Waals surface area contributed by atoms with Crippen molar-refractivity contribution in [1.82, 2.24) is 9.62 Å². The van der Waals surface area contributed by atoms with Gasteiger partial charge in [-0.3, -0.25) is 10.1 Å². The Balaban J connectivity index is 2.01. The summed E-state index contributed by atoms with van der Waals surface area (Å²) in [6.07, 6.45) is 5.01. The van der Waals surface area contributed by atoms with Crippen molar-refractivity contribution in [1.29, 1.82) is 0 Å². The van der Waals surface area contributed by atoms with Crippen molar-refractivity contribution in [2.75, 3.05) is 25.0 Å². The largest absolute Gasteiger partial charge is 0.492 e. The number of ether oxygens (including phenoxy) is 1. The lowest BCUT2D eigenvalue weighted by Gasteiger charge is -2.19. The zero-order valence-electron chi connectivity index (χ0n) is 18.9. The summed E-state index contributed by atoms with van der Waals surface area (Å²) in [6, 6.07) is 11.1. The van der Waals surface area contributed by atoms with Crippen LogP contribution in [-0.2, 0) is 10.0 Å².